The van der Waals surface area contributed by atoms with Gasteiger partial charge in [-0.1, -0.05) is 13.0 Å². The van der Waals surface area contributed by atoms with Crippen LogP contribution in [0.25, 0.3) is 5.82 Å². The van der Waals surface area contributed by atoms with Gasteiger partial charge in [0.15, 0.2) is 23.2 Å². The van der Waals surface area contributed by atoms with E-state index in [4.69, 9.17) is 20.9 Å². The number of anilines is 2. The summed E-state index contributed by atoms with van der Waals surface area (Å²) in [4.78, 5) is 24.2. The Hall–Kier alpha value is -4.71. The lowest BCUT2D eigenvalue weighted by Gasteiger charge is -2.21. The van der Waals surface area contributed by atoms with Crippen LogP contribution in [0.1, 0.15) is 41.0 Å². The molecule has 12 heteroatoms. The summed E-state index contributed by atoms with van der Waals surface area (Å²) in [6.07, 6.45) is 2.14. The third-order valence-electron chi connectivity index (χ3n) is 6.43. The third-order valence-corrected chi connectivity index (χ3v) is 6.43. The minimum atomic E-state index is -0.905. The van der Waals surface area contributed by atoms with Crippen molar-refractivity contribution in [3.05, 3.63) is 93.0 Å². The number of nitrogens with zero attached hydrogens (tertiary/aromatic N) is 4. The van der Waals surface area contributed by atoms with Gasteiger partial charge in [0, 0.05) is 30.1 Å². The summed E-state index contributed by atoms with van der Waals surface area (Å²) in [5.41, 5.74) is 15.3. The van der Waals surface area contributed by atoms with Crippen LogP contribution >= 0.6 is 0 Å². The second-order valence-corrected chi connectivity index (χ2v) is 8.99. The smallest absolute Gasteiger partial charge is 0.349 e. The van der Waals surface area contributed by atoms with Crippen molar-refractivity contribution in [1.82, 2.24) is 19.7 Å². The molecule has 0 amide bonds. The average molecular weight is 533 g/mol. The number of aliphatic imine (C=N–C) groups is 1. The first-order chi connectivity index (χ1) is 18.9. The van der Waals surface area contributed by atoms with Crippen LogP contribution in [0.4, 0.5) is 15.8 Å². The minimum Gasteiger partial charge on any atom is -0.488 e. The van der Waals surface area contributed by atoms with Gasteiger partial charge in [-0.05, 0) is 53.9 Å². The summed E-state index contributed by atoms with van der Waals surface area (Å²) in [6, 6.07) is 11.3. The van der Waals surface area contributed by atoms with Crippen molar-refractivity contribution >= 4 is 17.2 Å². The largest absolute Gasteiger partial charge is 0.488 e. The molecule has 4 aromatic rings. The minimum absolute atomic E-state index is 0.0825. The summed E-state index contributed by atoms with van der Waals surface area (Å²) < 4.78 is 27.8. The van der Waals surface area contributed by atoms with E-state index < -0.39 is 17.5 Å². The fourth-order valence-corrected chi connectivity index (χ4v) is 4.41. The average Bonchev–Trinajstić information content (AvgIpc) is 3.50. The molecule has 0 spiro atoms. The maximum Gasteiger partial charge on any atom is 0.349 e. The Labute approximate surface area is 223 Å². The number of aromatic amines is 1. The van der Waals surface area contributed by atoms with Gasteiger partial charge in [0.2, 0.25) is 0 Å². The molecule has 2 aromatic heterocycles. The summed E-state index contributed by atoms with van der Waals surface area (Å²) in [5.74, 6) is 0.307. The number of aryl methyl sites for hydroxylation is 1. The fourth-order valence-electron chi connectivity index (χ4n) is 4.41. The van der Waals surface area contributed by atoms with E-state index in [-0.39, 0.29) is 35.2 Å². The third kappa shape index (κ3) is 5.18. The molecule has 202 valence electrons. The number of halogens is 1. The summed E-state index contributed by atoms with van der Waals surface area (Å²) in [7, 11) is 1.55. The number of aromatic nitrogens is 4. The first-order valence-corrected chi connectivity index (χ1v) is 12.4. The molecule has 0 saturated carbocycles. The van der Waals surface area contributed by atoms with Gasteiger partial charge in [-0.3, -0.25) is 9.98 Å². The molecule has 2 aromatic carbocycles. The van der Waals surface area contributed by atoms with Gasteiger partial charge in [-0.2, -0.15) is 4.68 Å². The Kier molecular flexibility index (Phi) is 7.28. The second kappa shape index (κ2) is 11.0. The Balaban J connectivity index is 1.62. The van der Waals surface area contributed by atoms with Crippen molar-refractivity contribution in [3.8, 4) is 11.6 Å². The van der Waals surface area contributed by atoms with Crippen LogP contribution in [0.3, 0.4) is 0 Å². The van der Waals surface area contributed by atoms with Crippen molar-refractivity contribution in [2.45, 2.75) is 25.9 Å². The number of benzene rings is 2. The van der Waals surface area contributed by atoms with Crippen molar-refractivity contribution in [2.24, 2.45) is 10.7 Å². The predicted molar refractivity (Wildman–Crippen MR) is 146 cm³/mol. The van der Waals surface area contributed by atoms with Gasteiger partial charge in [0.25, 0.3) is 0 Å². The van der Waals surface area contributed by atoms with E-state index in [9.17, 15) is 4.79 Å². The summed E-state index contributed by atoms with van der Waals surface area (Å²) in [6.45, 7) is 2.89. The lowest BCUT2D eigenvalue weighted by Crippen LogP contribution is -2.18. The Morgan fingerprint density at radius 2 is 2.05 bits per heavy atom. The first-order valence-electron chi connectivity index (χ1n) is 12.4. The van der Waals surface area contributed by atoms with E-state index in [0.717, 1.165) is 21.4 Å². The van der Waals surface area contributed by atoms with Crippen LogP contribution in [0.15, 0.2) is 58.4 Å². The highest BCUT2D eigenvalue weighted by Gasteiger charge is 2.27. The van der Waals surface area contributed by atoms with Gasteiger partial charge in [0.05, 0.1) is 18.8 Å². The zero-order chi connectivity index (χ0) is 27.5. The molecule has 1 atom stereocenters. The van der Waals surface area contributed by atoms with Gasteiger partial charge in [-0.25, -0.2) is 14.2 Å². The van der Waals surface area contributed by atoms with Gasteiger partial charge in [-0.15, -0.1) is 5.10 Å². The molecular weight excluding hydrogens is 503 g/mol. The number of hydrogen-bond acceptors (Lipinski definition) is 9. The molecule has 1 aliphatic rings. The molecule has 0 radical (unpaired) electrons. The number of nitrogens with two attached hydrogens (primary N) is 2. The lowest BCUT2D eigenvalue weighted by molar-refractivity contribution is 0.143. The maximum absolute atomic E-state index is 16.0. The molecule has 6 N–H and O–H groups in total. The first kappa shape index (κ1) is 25.9. The SMILES string of the molecule is CCc1cc(OCCOC)c(F)c(C(Nc2ccc3c(c2)CN=C3N)c2nn(-c3ncccc3N)c(=O)[nH]2)c1. The Bertz CT molecular complexity index is 1600. The maximum atomic E-state index is 16.0. The summed E-state index contributed by atoms with van der Waals surface area (Å²) >= 11 is 0. The van der Waals surface area contributed by atoms with Crippen molar-refractivity contribution in [3.63, 3.8) is 0 Å². The van der Waals surface area contributed by atoms with Crippen LogP contribution < -0.4 is 27.2 Å². The molecule has 1 unspecified atom stereocenters. The van der Waals surface area contributed by atoms with Gasteiger partial charge in [0.1, 0.15) is 18.5 Å². The Morgan fingerprint density at radius 1 is 1.21 bits per heavy atom. The molecule has 0 fully saturated rings. The standard InChI is InChI=1S/C27H29FN8O3/c1-3-15-11-19(22(28)21(12-15)39-10-9-38-2)23(33-17-6-7-18-16(13-17)14-32-24(18)30)25-34-27(37)36(35-25)26-20(29)5-4-8-31-26/h4-8,11-13,23,33H,3,9-10,14,29H2,1-2H3,(H2,30,32)(H,34,35,37). The van der Waals surface area contributed by atoms with Crippen LogP contribution in [0.5, 0.6) is 5.75 Å². The van der Waals surface area contributed by atoms with Crippen molar-refractivity contribution in [1.29, 1.82) is 0 Å². The second-order valence-electron chi connectivity index (χ2n) is 8.99. The molecule has 39 heavy (non-hydrogen) atoms. The highest BCUT2D eigenvalue weighted by molar-refractivity contribution is 6.01. The van der Waals surface area contributed by atoms with E-state index in [1.807, 2.05) is 25.1 Å². The lowest BCUT2D eigenvalue weighted by atomic mass is 9.99. The number of methoxy groups -OCH3 is 1. The molecule has 11 nitrogen and oxygen atoms in total. The van der Waals surface area contributed by atoms with E-state index in [1.165, 1.54) is 6.20 Å². The van der Waals surface area contributed by atoms with E-state index in [0.29, 0.717) is 31.1 Å². The summed E-state index contributed by atoms with van der Waals surface area (Å²) in [5, 5.41) is 7.81. The van der Waals surface area contributed by atoms with E-state index in [1.54, 1.807) is 31.4 Å². The van der Waals surface area contributed by atoms with Crippen LogP contribution in [-0.2, 0) is 17.7 Å². The molecule has 3 heterocycles. The van der Waals surface area contributed by atoms with Crippen molar-refractivity contribution < 1.29 is 13.9 Å². The van der Waals surface area contributed by atoms with Crippen molar-refractivity contribution in [2.75, 3.05) is 31.4 Å². The predicted octanol–water partition coefficient (Wildman–Crippen LogP) is 2.68. The van der Waals surface area contributed by atoms with Crippen LogP contribution in [0.2, 0.25) is 0 Å². The normalized spacial score (nSPS) is 13.2. The molecular formula is C27H29FN8O3. The van der Waals surface area contributed by atoms with E-state index in [2.05, 4.69) is 25.4 Å². The molecule has 0 bridgehead atoms. The van der Waals surface area contributed by atoms with Gasteiger partial charge < -0.3 is 26.3 Å². The van der Waals surface area contributed by atoms with Crippen LogP contribution in [-0.4, -0.2) is 45.9 Å². The topological polar surface area (TPSA) is 158 Å². The monoisotopic (exact) mass is 532 g/mol. The number of pyridine rings is 1. The number of rotatable bonds is 10. The highest BCUT2D eigenvalue weighted by Crippen LogP contribution is 2.33. The highest BCUT2D eigenvalue weighted by atomic mass is 19.1. The number of amidine groups is 1. The number of H-pyrrole nitrogens is 1. The molecule has 0 aliphatic carbocycles. The number of hydrogen-bond donors (Lipinski definition) is 4. The number of nitrogen functional groups attached to an aromatic ring is 1. The van der Waals surface area contributed by atoms with E-state index >= 15 is 4.39 Å². The molecule has 5 rings (SSSR count). The van der Waals surface area contributed by atoms with Crippen LogP contribution in [0, 0.1) is 5.82 Å². The molecule has 1 aliphatic heterocycles. The zero-order valence-corrected chi connectivity index (χ0v) is 21.6. The number of nitrogens with one attached hydrogen (secondary N) is 2. The van der Waals surface area contributed by atoms with Gasteiger partial charge >= 0.3 is 5.69 Å². The molecule has 0 saturated heterocycles. The number of ether oxygens (including phenoxy) is 2. The fraction of sp³-hybridized carbons (Fsp3) is 0.259. The Morgan fingerprint density at radius 3 is 2.82 bits per heavy atom. The quantitative estimate of drug-likeness (QED) is 0.227. The number of fused-ring (bicyclic) bond motifs is 1. The zero-order valence-electron chi connectivity index (χ0n) is 21.6.